The Hall–Kier alpha value is -1.97. The van der Waals surface area contributed by atoms with Gasteiger partial charge in [0.15, 0.2) is 0 Å². The van der Waals surface area contributed by atoms with Gasteiger partial charge in [-0.1, -0.05) is 6.07 Å². The molecule has 0 saturated carbocycles. The number of carbonyl (C=O) groups is 1. The van der Waals surface area contributed by atoms with E-state index in [1.807, 2.05) is 0 Å². The Morgan fingerprint density at radius 1 is 1.36 bits per heavy atom. The molecule has 0 amide bonds. The maximum atomic E-state index is 10.7. The summed E-state index contributed by atoms with van der Waals surface area (Å²) >= 11 is 0. The van der Waals surface area contributed by atoms with Gasteiger partial charge in [-0.3, -0.25) is 0 Å². The molecule has 1 rings (SSSR count). The molecule has 0 aliphatic rings. The minimum Gasteiger partial charge on any atom is -0.507 e. The van der Waals surface area contributed by atoms with E-state index in [1.165, 1.54) is 31.4 Å². The van der Waals surface area contributed by atoms with Crippen molar-refractivity contribution in [2.24, 2.45) is 0 Å². The van der Waals surface area contributed by atoms with Crippen molar-refractivity contribution in [2.45, 2.75) is 0 Å². The van der Waals surface area contributed by atoms with Gasteiger partial charge in [0.1, 0.15) is 11.5 Å². The molecular formula is C10H10O4. The number of ether oxygens (including phenoxy) is 1. The Morgan fingerprint density at radius 2 is 1.93 bits per heavy atom. The average molecular weight is 194 g/mol. The van der Waals surface area contributed by atoms with Crippen LogP contribution in [0.3, 0.4) is 0 Å². The van der Waals surface area contributed by atoms with Gasteiger partial charge in [0.2, 0.25) is 0 Å². The maximum Gasteiger partial charge on any atom is 0.330 e. The zero-order valence-electron chi connectivity index (χ0n) is 7.60. The number of rotatable bonds is 2. The van der Waals surface area contributed by atoms with Crippen LogP contribution in [0.5, 0.6) is 11.5 Å². The minimum absolute atomic E-state index is 0.0925. The summed E-state index contributed by atoms with van der Waals surface area (Å²) in [6, 6.07) is 4.33. The lowest BCUT2D eigenvalue weighted by atomic mass is 10.1. The summed E-state index contributed by atoms with van der Waals surface area (Å²) in [5, 5.41) is 18.6. The molecule has 0 atom stereocenters. The van der Waals surface area contributed by atoms with E-state index in [1.54, 1.807) is 0 Å². The minimum atomic E-state index is -0.548. The molecule has 2 N–H and O–H groups in total. The van der Waals surface area contributed by atoms with Gasteiger partial charge in [-0.25, -0.2) is 4.79 Å². The molecular weight excluding hydrogens is 184 g/mol. The third-order valence-electron chi connectivity index (χ3n) is 1.65. The Labute approximate surface area is 81.1 Å². The maximum absolute atomic E-state index is 10.7. The van der Waals surface area contributed by atoms with Gasteiger partial charge in [-0.05, 0) is 18.2 Å². The fourth-order valence-corrected chi connectivity index (χ4v) is 0.931. The van der Waals surface area contributed by atoms with Crippen LogP contribution in [-0.4, -0.2) is 23.3 Å². The molecule has 1 aromatic carbocycles. The molecule has 0 aliphatic carbocycles. The van der Waals surface area contributed by atoms with Crippen LogP contribution in [0.15, 0.2) is 24.3 Å². The van der Waals surface area contributed by atoms with Gasteiger partial charge in [-0.15, -0.1) is 0 Å². The highest BCUT2D eigenvalue weighted by Crippen LogP contribution is 2.27. The first kappa shape index (κ1) is 10.1. The summed E-state index contributed by atoms with van der Waals surface area (Å²) in [5.41, 5.74) is 0.193. The fourth-order valence-electron chi connectivity index (χ4n) is 0.931. The first-order valence-corrected chi connectivity index (χ1v) is 3.92. The van der Waals surface area contributed by atoms with Crippen molar-refractivity contribution in [3.8, 4) is 11.5 Å². The Kier molecular flexibility index (Phi) is 3.12. The van der Waals surface area contributed by atoms with Crippen LogP contribution in [0.1, 0.15) is 5.56 Å². The van der Waals surface area contributed by atoms with Crippen molar-refractivity contribution in [1.82, 2.24) is 0 Å². The highest BCUT2D eigenvalue weighted by atomic mass is 16.5. The number of aromatic hydroxyl groups is 2. The number of methoxy groups -OCH3 is 1. The quantitative estimate of drug-likeness (QED) is 0.549. The Bertz CT molecular complexity index is 348. The molecule has 0 spiro atoms. The highest BCUT2D eigenvalue weighted by molar-refractivity contribution is 5.88. The fraction of sp³-hybridized carbons (Fsp3) is 0.100. The smallest absolute Gasteiger partial charge is 0.330 e. The van der Waals surface area contributed by atoms with Gasteiger partial charge in [0, 0.05) is 6.08 Å². The normalized spacial score (nSPS) is 10.4. The summed E-state index contributed by atoms with van der Waals surface area (Å²) in [5.74, 6) is -0.733. The van der Waals surface area contributed by atoms with E-state index in [9.17, 15) is 15.0 Å². The number of carbonyl (C=O) groups excluding carboxylic acids is 1. The first-order valence-electron chi connectivity index (χ1n) is 3.92. The molecule has 0 aromatic heterocycles. The summed E-state index contributed by atoms with van der Waals surface area (Å²) in [6.07, 6.45) is 2.41. The van der Waals surface area contributed by atoms with Gasteiger partial charge in [0.05, 0.1) is 12.7 Å². The monoisotopic (exact) mass is 194 g/mol. The molecule has 4 nitrogen and oxygen atoms in total. The molecule has 14 heavy (non-hydrogen) atoms. The van der Waals surface area contributed by atoms with E-state index < -0.39 is 5.97 Å². The standard InChI is InChI=1S/C10H10O4/c1-14-10(13)6-5-7-8(11)3-2-4-9(7)12/h2-6,11-12H,1H3. The zero-order chi connectivity index (χ0) is 10.6. The lowest BCUT2D eigenvalue weighted by Crippen LogP contribution is -1.93. The van der Waals surface area contributed by atoms with E-state index in [-0.39, 0.29) is 17.1 Å². The van der Waals surface area contributed by atoms with Crippen LogP contribution >= 0.6 is 0 Å². The third-order valence-corrected chi connectivity index (χ3v) is 1.65. The average Bonchev–Trinajstić information content (AvgIpc) is 2.16. The molecule has 74 valence electrons. The predicted octanol–water partition coefficient (Wildman–Crippen LogP) is 1.28. The lowest BCUT2D eigenvalue weighted by molar-refractivity contribution is -0.134. The predicted molar refractivity (Wildman–Crippen MR) is 50.8 cm³/mol. The lowest BCUT2D eigenvalue weighted by Gasteiger charge is -2.00. The molecule has 0 radical (unpaired) electrons. The van der Waals surface area contributed by atoms with Gasteiger partial charge < -0.3 is 14.9 Å². The number of hydrogen-bond acceptors (Lipinski definition) is 4. The second-order valence-electron chi connectivity index (χ2n) is 2.57. The van der Waals surface area contributed by atoms with Crippen molar-refractivity contribution in [3.63, 3.8) is 0 Å². The number of phenols is 2. The highest BCUT2D eigenvalue weighted by Gasteiger charge is 2.03. The number of benzene rings is 1. The van der Waals surface area contributed by atoms with Crippen LogP contribution in [0.4, 0.5) is 0 Å². The van der Waals surface area contributed by atoms with Crippen molar-refractivity contribution in [3.05, 3.63) is 29.8 Å². The van der Waals surface area contributed by atoms with E-state index in [0.717, 1.165) is 6.08 Å². The van der Waals surface area contributed by atoms with E-state index >= 15 is 0 Å². The molecule has 0 unspecified atom stereocenters. The number of phenolic OH excluding ortho intramolecular Hbond substituents is 2. The molecule has 1 aromatic rings. The molecule has 0 fully saturated rings. The summed E-state index contributed by atoms with van der Waals surface area (Å²) in [6.45, 7) is 0. The van der Waals surface area contributed by atoms with E-state index in [4.69, 9.17) is 0 Å². The SMILES string of the molecule is COC(=O)C=Cc1c(O)cccc1O. The van der Waals surface area contributed by atoms with Crippen LogP contribution < -0.4 is 0 Å². The zero-order valence-corrected chi connectivity index (χ0v) is 7.60. The van der Waals surface area contributed by atoms with Crippen LogP contribution in [0.2, 0.25) is 0 Å². The topological polar surface area (TPSA) is 66.8 Å². The summed E-state index contributed by atoms with van der Waals surface area (Å²) < 4.78 is 4.36. The van der Waals surface area contributed by atoms with Crippen LogP contribution in [0.25, 0.3) is 6.08 Å². The Morgan fingerprint density at radius 3 is 2.43 bits per heavy atom. The molecule has 0 saturated heterocycles. The largest absolute Gasteiger partial charge is 0.507 e. The van der Waals surface area contributed by atoms with Crippen LogP contribution in [-0.2, 0) is 9.53 Å². The van der Waals surface area contributed by atoms with Crippen molar-refractivity contribution >= 4 is 12.0 Å². The van der Waals surface area contributed by atoms with E-state index in [2.05, 4.69) is 4.74 Å². The number of esters is 1. The second kappa shape index (κ2) is 4.32. The van der Waals surface area contributed by atoms with Crippen LogP contribution in [0, 0.1) is 0 Å². The second-order valence-corrected chi connectivity index (χ2v) is 2.57. The number of hydrogen-bond donors (Lipinski definition) is 2. The summed E-state index contributed by atoms with van der Waals surface area (Å²) in [7, 11) is 1.25. The van der Waals surface area contributed by atoms with Gasteiger partial charge in [-0.2, -0.15) is 0 Å². The van der Waals surface area contributed by atoms with Crippen molar-refractivity contribution < 1.29 is 19.7 Å². The van der Waals surface area contributed by atoms with Gasteiger partial charge >= 0.3 is 5.97 Å². The van der Waals surface area contributed by atoms with Gasteiger partial charge in [0.25, 0.3) is 0 Å². The van der Waals surface area contributed by atoms with Crippen molar-refractivity contribution in [2.75, 3.05) is 7.11 Å². The summed E-state index contributed by atoms with van der Waals surface area (Å²) in [4.78, 5) is 10.7. The molecule has 0 aliphatic heterocycles. The molecule has 0 bridgehead atoms. The molecule has 4 heteroatoms. The third kappa shape index (κ3) is 2.26. The Balaban J connectivity index is 2.96. The first-order chi connectivity index (χ1) is 6.65. The van der Waals surface area contributed by atoms with Crippen molar-refractivity contribution in [1.29, 1.82) is 0 Å². The molecule has 0 heterocycles. The van der Waals surface area contributed by atoms with E-state index in [0.29, 0.717) is 0 Å².